The molecule has 1 aliphatic heterocycles. The smallest absolute Gasteiger partial charge is 0.407 e. The molecule has 6 heteroatoms. The predicted molar refractivity (Wildman–Crippen MR) is 82.7 cm³/mol. The number of nitrogens with one attached hydrogen (secondary N) is 2. The lowest BCUT2D eigenvalue weighted by atomic mass is 9.94. The molecule has 1 saturated heterocycles. The van der Waals surface area contributed by atoms with E-state index in [1.807, 2.05) is 0 Å². The first-order valence-corrected chi connectivity index (χ1v) is 7.22. The molecule has 4 nitrogen and oxygen atoms in total. The minimum Gasteiger partial charge on any atom is -0.444 e. The van der Waals surface area contributed by atoms with Gasteiger partial charge in [-0.25, -0.2) is 13.6 Å². The molecule has 0 aromatic heterocycles. The Morgan fingerprint density at radius 1 is 1.32 bits per heavy atom. The summed E-state index contributed by atoms with van der Waals surface area (Å²) in [4.78, 5) is 11.8. The van der Waals surface area contributed by atoms with Crippen LogP contribution in [0, 0.1) is 5.92 Å². The van der Waals surface area contributed by atoms with Crippen molar-refractivity contribution in [3.05, 3.63) is 36.0 Å². The van der Waals surface area contributed by atoms with Crippen LogP contribution in [0.15, 0.2) is 36.0 Å². The summed E-state index contributed by atoms with van der Waals surface area (Å²) < 4.78 is 31.9. The van der Waals surface area contributed by atoms with E-state index in [1.54, 1.807) is 20.8 Å². The highest BCUT2D eigenvalue weighted by molar-refractivity contribution is 5.68. The number of ether oxygens (including phenoxy) is 1. The first kappa shape index (κ1) is 18.4. The van der Waals surface area contributed by atoms with Crippen LogP contribution in [0.4, 0.5) is 13.6 Å². The third-order valence-corrected chi connectivity index (χ3v) is 3.19. The normalized spacial score (nSPS) is 23.4. The Morgan fingerprint density at radius 2 is 1.95 bits per heavy atom. The van der Waals surface area contributed by atoms with Gasteiger partial charge in [0.15, 0.2) is 11.7 Å². The topological polar surface area (TPSA) is 50.4 Å². The molecule has 0 spiro atoms. The molecule has 0 bridgehead atoms. The van der Waals surface area contributed by atoms with Crippen LogP contribution in [-0.4, -0.2) is 30.8 Å². The molecule has 2 N–H and O–H groups in total. The van der Waals surface area contributed by atoms with Gasteiger partial charge in [-0.15, -0.1) is 0 Å². The van der Waals surface area contributed by atoms with Gasteiger partial charge in [0.25, 0.3) is 0 Å². The molecule has 1 rings (SSSR count). The highest BCUT2D eigenvalue weighted by Gasteiger charge is 2.31. The zero-order valence-corrected chi connectivity index (χ0v) is 13.5. The summed E-state index contributed by atoms with van der Waals surface area (Å²) >= 11 is 0. The van der Waals surface area contributed by atoms with Crippen LogP contribution in [0.3, 0.4) is 0 Å². The Bertz CT molecular complexity index is 493. The SMILES string of the molecule is C=C(/C=C(F)\C(F)=C/C)[C@@H]1CNC[C@H]1NC(=O)OC(C)(C)C. The molecule has 2 atom stereocenters. The maximum atomic E-state index is 13.5. The van der Waals surface area contributed by atoms with Gasteiger partial charge in [0.05, 0.1) is 6.04 Å². The summed E-state index contributed by atoms with van der Waals surface area (Å²) in [5.41, 5.74) is -0.176. The molecule has 0 aliphatic carbocycles. The van der Waals surface area contributed by atoms with E-state index < -0.39 is 23.3 Å². The zero-order valence-electron chi connectivity index (χ0n) is 13.5. The number of carbonyl (C=O) groups excluding carboxylic acids is 1. The molecule has 1 amide bonds. The van der Waals surface area contributed by atoms with Crippen molar-refractivity contribution >= 4 is 6.09 Å². The average molecular weight is 314 g/mol. The van der Waals surface area contributed by atoms with Crippen molar-refractivity contribution in [1.29, 1.82) is 0 Å². The fourth-order valence-electron chi connectivity index (χ4n) is 2.16. The quantitative estimate of drug-likeness (QED) is 0.782. The van der Waals surface area contributed by atoms with E-state index >= 15 is 0 Å². The van der Waals surface area contributed by atoms with Gasteiger partial charge in [-0.2, -0.15) is 0 Å². The minimum absolute atomic E-state index is 0.220. The van der Waals surface area contributed by atoms with Crippen LogP contribution in [0.1, 0.15) is 27.7 Å². The zero-order chi connectivity index (χ0) is 16.9. The molecular weight excluding hydrogens is 290 g/mol. The first-order chi connectivity index (χ1) is 10.1. The van der Waals surface area contributed by atoms with Crippen LogP contribution in [-0.2, 0) is 4.74 Å². The number of alkyl carbamates (subject to hydrolysis) is 1. The number of rotatable bonds is 4. The van der Waals surface area contributed by atoms with Gasteiger partial charge in [0, 0.05) is 19.0 Å². The van der Waals surface area contributed by atoms with Gasteiger partial charge < -0.3 is 15.4 Å². The van der Waals surface area contributed by atoms with E-state index in [-0.39, 0.29) is 12.0 Å². The molecule has 1 fully saturated rings. The van der Waals surface area contributed by atoms with E-state index in [9.17, 15) is 13.6 Å². The van der Waals surface area contributed by atoms with Crippen LogP contribution < -0.4 is 10.6 Å². The van der Waals surface area contributed by atoms with Crippen molar-refractivity contribution in [2.75, 3.05) is 13.1 Å². The standard InChI is InChI=1S/C16H24F2N2O2/c1-6-12(17)13(18)7-10(2)11-8-19-9-14(11)20-15(21)22-16(3,4)5/h6-7,11,14,19H,2,8-9H2,1,3-5H3,(H,20,21)/b12-6+,13-7+/t11-,14+/m0/s1. The molecule has 0 aromatic rings. The molecule has 0 saturated carbocycles. The number of amides is 1. The molecule has 0 radical (unpaired) electrons. The summed E-state index contributed by atoms with van der Waals surface area (Å²) in [5, 5.41) is 5.84. The monoisotopic (exact) mass is 314 g/mol. The van der Waals surface area contributed by atoms with E-state index in [4.69, 9.17) is 4.74 Å². The maximum Gasteiger partial charge on any atom is 0.407 e. The summed E-state index contributed by atoms with van der Waals surface area (Å²) in [7, 11) is 0. The summed E-state index contributed by atoms with van der Waals surface area (Å²) in [5.74, 6) is -2.11. The van der Waals surface area contributed by atoms with Gasteiger partial charge in [0.2, 0.25) is 0 Å². The summed E-state index contributed by atoms with van der Waals surface area (Å²) in [6, 6.07) is -0.278. The van der Waals surface area contributed by atoms with E-state index in [0.29, 0.717) is 18.7 Å². The largest absolute Gasteiger partial charge is 0.444 e. The van der Waals surface area contributed by atoms with Gasteiger partial charge >= 0.3 is 6.09 Å². The number of halogens is 2. The second-order valence-corrected chi connectivity index (χ2v) is 6.22. The Balaban J connectivity index is 2.71. The highest BCUT2D eigenvalue weighted by atomic mass is 19.2. The first-order valence-electron chi connectivity index (χ1n) is 7.22. The number of carbonyl (C=O) groups is 1. The van der Waals surface area contributed by atoms with Gasteiger partial charge in [-0.1, -0.05) is 6.58 Å². The third-order valence-electron chi connectivity index (χ3n) is 3.19. The van der Waals surface area contributed by atoms with Crippen molar-refractivity contribution in [3.63, 3.8) is 0 Å². The van der Waals surface area contributed by atoms with Gasteiger partial charge in [-0.3, -0.25) is 0 Å². The fourth-order valence-corrected chi connectivity index (χ4v) is 2.16. The molecular formula is C16H24F2N2O2. The van der Waals surface area contributed by atoms with Crippen LogP contribution in [0.2, 0.25) is 0 Å². The Kier molecular flexibility index (Phi) is 6.29. The van der Waals surface area contributed by atoms with E-state index in [1.165, 1.54) is 6.92 Å². The Morgan fingerprint density at radius 3 is 2.50 bits per heavy atom. The Hall–Kier alpha value is -1.69. The molecule has 1 heterocycles. The molecule has 1 aliphatic rings. The molecule has 22 heavy (non-hydrogen) atoms. The van der Waals surface area contributed by atoms with Crippen molar-refractivity contribution in [1.82, 2.24) is 10.6 Å². The van der Waals surface area contributed by atoms with Crippen molar-refractivity contribution in [3.8, 4) is 0 Å². The number of hydrogen-bond acceptors (Lipinski definition) is 3. The van der Waals surface area contributed by atoms with Crippen LogP contribution >= 0.6 is 0 Å². The van der Waals surface area contributed by atoms with Crippen LogP contribution in [0.25, 0.3) is 0 Å². The van der Waals surface area contributed by atoms with Crippen molar-refractivity contribution < 1.29 is 18.3 Å². The lowest BCUT2D eigenvalue weighted by molar-refractivity contribution is 0.0501. The minimum atomic E-state index is -0.963. The van der Waals surface area contributed by atoms with Crippen LogP contribution in [0.5, 0.6) is 0 Å². The Labute approximate surface area is 130 Å². The maximum absolute atomic E-state index is 13.5. The van der Waals surface area contributed by atoms with Crippen molar-refractivity contribution in [2.45, 2.75) is 39.3 Å². The van der Waals surface area contributed by atoms with E-state index in [0.717, 1.165) is 12.2 Å². The second kappa shape index (κ2) is 7.54. The fraction of sp³-hybridized carbons (Fsp3) is 0.562. The van der Waals surface area contributed by atoms with Gasteiger partial charge in [0.1, 0.15) is 5.60 Å². The second-order valence-electron chi connectivity index (χ2n) is 6.22. The average Bonchev–Trinajstić information content (AvgIpc) is 2.83. The summed E-state index contributed by atoms with van der Waals surface area (Å²) in [6.45, 7) is 11.6. The lowest BCUT2D eigenvalue weighted by Crippen LogP contribution is -2.43. The third kappa shape index (κ3) is 5.60. The lowest BCUT2D eigenvalue weighted by Gasteiger charge is -2.24. The van der Waals surface area contributed by atoms with Gasteiger partial charge in [-0.05, 0) is 45.4 Å². The molecule has 124 valence electrons. The highest BCUT2D eigenvalue weighted by Crippen LogP contribution is 2.23. The van der Waals surface area contributed by atoms with Crippen molar-refractivity contribution in [2.24, 2.45) is 5.92 Å². The molecule has 0 unspecified atom stereocenters. The predicted octanol–water partition coefficient (Wildman–Crippen LogP) is 3.38. The molecule has 0 aromatic carbocycles. The number of allylic oxidation sites excluding steroid dienone is 4. The van der Waals surface area contributed by atoms with E-state index in [2.05, 4.69) is 17.2 Å². The summed E-state index contributed by atoms with van der Waals surface area (Å²) in [6.07, 6.45) is 1.57. The number of hydrogen-bond donors (Lipinski definition) is 2.